The average Bonchev–Trinajstić information content (AvgIpc) is 3.12. The number of nitrogens with two attached hydrogens (primary N) is 1. The summed E-state index contributed by atoms with van der Waals surface area (Å²) in [5.74, 6) is 1.34. The molecule has 0 saturated heterocycles. The SMILES string of the molecule is NC1(C(=O)Nc2cccc(-c3ccc4c(c3)CCO4)n2)CC1. The Morgan fingerprint density at radius 1 is 1.27 bits per heavy atom. The van der Waals surface area contributed by atoms with Gasteiger partial charge < -0.3 is 15.8 Å². The molecule has 0 unspecified atom stereocenters. The van der Waals surface area contributed by atoms with Crippen molar-refractivity contribution in [2.75, 3.05) is 11.9 Å². The lowest BCUT2D eigenvalue weighted by Gasteiger charge is -2.10. The highest BCUT2D eigenvalue weighted by atomic mass is 16.5. The first-order valence-electron chi connectivity index (χ1n) is 7.48. The van der Waals surface area contributed by atoms with Crippen LogP contribution >= 0.6 is 0 Å². The molecule has 2 aromatic rings. The van der Waals surface area contributed by atoms with E-state index in [0.29, 0.717) is 5.82 Å². The van der Waals surface area contributed by atoms with Gasteiger partial charge in [-0.2, -0.15) is 0 Å². The van der Waals surface area contributed by atoms with E-state index in [1.165, 1.54) is 5.56 Å². The lowest BCUT2D eigenvalue weighted by Crippen LogP contribution is -2.38. The molecule has 0 spiro atoms. The van der Waals surface area contributed by atoms with E-state index in [1.807, 2.05) is 24.3 Å². The number of pyridine rings is 1. The van der Waals surface area contributed by atoms with Gasteiger partial charge in [-0.25, -0.2) is 4.98 Å². The fourth-order valence-corrected chi connectivity index (χ4v) is 2.61. The van der Waals surface area contributed by atoms with E-state index in [-0.39, 0.29) is 5.91 Å². The van der Waals surface area contributed by atoms with E-state index >= 15 is 0 Å². The highest BCUT2D eigenvalue weighted by Crippen LogP contribution is 2.33. The van der Waals surface area contributed by atoms with Gasteiger partial charge in [0.15, 0.2) is 0 Å². The molecule has 1 aliphatic heterocycles. The zero-order valence-corrected chi connectivity index (χ0v) is 12.1. The van der Waals surface area contributed by atoms with Crippen molar-refractivity contribution in [1.82, 2.24) is 4.98 Å². The Kier molecular flexibility index (Phi) is 2.90. The monoisotopic (exact) mass is 295 g/mol. The second kappa shape index (κ2) is 4.81. The van der Waals surface area contributed by atoms with Gasteiger partial charge in [-0.05, 0) is 48.7 Å². The number of fused-ring (bicyclic) bond motifs is 1. The van der Waals surface area contributed by atoms with Crippen molar-refractivity contribution in [3.8, 4) is 17.0 Å². The van der Waals surface area contributed by atoms with Crippen LogP contribution in [0.1, 0.15) is 18.4 Å². The van der Waals surface area contributed by atoms with Gasteiger partial charge in [-0.1, -0.05) is 6.07 Å². The molecular formula is C17H17N3O2. The van der Waals surface area contributed by atoms with Crippen molar-refractivity contribution in [2.45, 2.75) is 24.8 Å². The van der Waals surface area contributed by atoms with Gasteiger partial charge in [0.1, 0.15) is 11.6 Å². The molecule has 0 radical (unpaired) electrons. The predicted molar refractivity (Wildman–Crippen MR) is 83.7 cm³/mol. The molecule has 0 atom stereocenters. The first kappa shape index (κ1) is 13.3. The number of hydrogen-bond donors (Lipinski definition) is 2. The standard InChI is InChI=1S/C17H17N3O2/c18-17(7-8-17)16(21)20-15-3-1-2-13(19-15)11-4-5-14-12(10-11)6-9-22-14/h1-5,10H,6-9,18H2,(H,19,20,21). The molecular weight excluding hydrogens is 278 g/mol. The molecule has 112 valence electrons. The lowest BCUT2D eigenvalue weighted by atomic mass is 10.1. The van der Waals surface area contributed by atoms with Gasteiger partial charge in [0.05, 0.1) is 17.8 Å². The predicted octanol–water partition coefficient (Wildman–Crippen LogP) is 2.11. The van der Waals surface area contributed by atoms with Gasteiger partial charge in [0, 0.05) is 12.0 Å². The molecule has 1 saturated carbocycles. The molecule has 1 aromatic heterocycles. The maximum atomic E-state index is 12.0. The maximum absolute atomic E-state index is 12.0. The highest BCUT2D eigenvalue weighted by Gasteiger charge is 2.46. The summed E-state index contributed by atoms with van der Waals surface area (Å²) in [6.45, 7) is 0.737. The molecule has 1 aliphatic carbocycles. The van der Waals surface area contributed by atoms with Crippen molar-refractivity contribution < 1.29 is 9.53 Å². The fraction of sp³-hybridized carbons (Fsp3) is 0.294. The van der Waals surface area contributed by atoms with Crippen LogP contribution in [0, 0.1) is 0 Å². The summed E-state index contributed by atoms with van der Waals surface area (Å²) >= 11 is 0. The molecule has 1 amide bonds. The van der Waals surface area contributed by atoms with Crippen LogP contribution in [0.2, 0.25) is 0 Å². The van der Waals surface area contributed by atoms with Crippen LogP contribution < -0.4 is 15.8 Å². The minimum Gasteiger partial charge on any atom is -0.493 e. The van der Waals surface area contributed by atoms with Crippen molar-refractivity contribution in [2.24, 2.45) is 5.73 Å². The maximum Gasteiger partial charge on any atom is 0.245 e. The van der Waals surface area contributed by atoms with Crippen LogP contribution in [0.15, 0.2) is 36.4 Å². The summed E-state index contributed by atoms with van der Waals surface area (Å²) in [6.07, 6.45) is 2.40. The number of hydrogen-bond acceptors (Lipinski definition) is 4. The summed E-state index contributed by atoms with van der Waals surface area (Å²) < 4.78 is 5.52. The summed E-state index contributed by atoms with van der Waals surface area (Å²) in [5.41, 5.74) is 8.26. The Balaban J connectivity index is 1.60. The molecule has 5 heteroatoms. The third-order valence-electron chi connectivity index (χ3n) is 4.22. The van der Waals surface area contributed by atoms with E-state index in [1.54, 1.807) is 6.07 Å². The van der Waals surface area contributed by atoms with E-state index in [9.17, 15) is 4.79 Å². The zero-order chi connectivity index (χ0) is 15.2. The smallest absolute Gasteiger partial charge is 0.245 e. The van der Waals surface area contributed by atoms with E-state index < -0.39 is 5.54 Å². The van der Waals surface area contributed by atoms with E-state index in [2.05, 4.69) is 16.4 Å². The Morgan fingerprint density at radius 2 is 2.14 bits per heavy atom. The minimum absolute atomic E-state index is 0.153. The Morgan fingerprint density at radius 3 is 2.95 bits per heavy atom. The number of aromatic nitrogens is 1. The van der Waals surface area contributed by atoms with E-state index in [0.717, 1.165) is 42.9 Å². The number of ether oxygens (including phenoxy) is 1. The first-order chi connectivity index (χ1) is 10.6. The van der Waals surface area contributed by atoms with Crippen molar-refractivity contribution >= 4 is 11.7 Å². The first-order valence-corrected chi connectivity index (χ1v) is 7.48. The molecule has 22 heavy (non-hydrogen) atoms. The van der Waals surface area contributed by atoms with Crippen LogP contribution in [0.4, 0.5) is 5.82 Å². The number of nitrogens with one attached hydrogen (secondary N) is 1. The molecule has 1 fully saturated rings. The van der Waals surface area contributed by atoms with Crippen LogP contribution in [0.25, 0.3) is 11.3 Å². The minimum atomic E-state index is -0.692. The van der Waals surface area contributed by atoms with Gasteiger partial charge in [-0.15, -0.1) is 0 Å². The van der Waals surface area contributed by atoms with Crippen LogP contribution in [0.3, 0.4) is 0 Å². The van der Waals surface area contributed by atoms with Gasteiger partial charge >= 0.3 is 0 Å². The number of carbonyl (C=O) groups is 1. The molecule has 4 rings (SSSR count). The third-order valence-corrected chi connectivity index (χ3v) is 4.22. The Hall–Kier alpha value is -2.40. The Labute approximate surface area is 128 Å². The number of anilines is 1. The third kappa shape index (κ3) is 2.33. The largest absolute Gasteiger partial charge is 0.493 e. The van der Waals surface area contributed by atoms with Crippen molar-refractivity contribution in [1.29, 1.82) is 0 Å². The van der Waals surface area contributed by atoms with Crippen molar-refractivity contribution in [3.63, 3.8) is 0 Å². The lowest BCUT2D eigenvalue weighted by molar-refractivity contribution is -0.118. The molecule has 5 nitrogen and oxygen atoms in total. The molecule has 2 aliphatic rings. The molecule has 3 N–H and O–H groups in total. The summed E-state index contributed by atoms with van der Waals surface area (Å²) in [7, 11) is 0. The topological polar surface area (TPSA) is 77.2 Å². The molecule has 2 heterocycles. The summed E-state index contributed by atoms with van der Waals surface area (Å²) in [6, 6.07) is 11.7. The average molecular weight is 295 g/mol. The number of rotatable bonds is 3. The van der Waals surface area contributed by atoms with E-state index in [4.69, 9.17) is 10.5 Å². The molecule has 1 aromatic carbocycles. The number of nitrogens with zero attached hydrogens (tertiary/aromatic N) is 1. The zero-order valence-electron chi connectivity index (χ0n) is 12.1. The fourth-order valence-electron chi connectivity index (χ4n) is 2.61. The van der Waals surface area contributed by atoms with Crippen LogP contribution in [-0.2, 0) is 11.2 Å². The van der Waals surface area contributed by atoms with Gasteiger partial charge in [0.25, 0.3) is 0 Å². The van der Waals surface area contributed by atoms with Crippen molar-refractivity contribution in [3.05, 3.63) is 42.0 Å². The second-order valence-corrected chi connectivity index (χ2v) is 5.94. The second-order valence-electron chi connectivity index (χ2n) is 5.94. The van der Waals surface area contributed by atoms with Gasteiger partial charge in [0.2, 0.25) is 5.91 Å². The summed E-state index contributed by atoms with van der Waals surface area (Å²) in [5, 5.41) is 2.81. The van der Waals surface area contributed by atoms with Crippen LogP contribution in [-0.4, -0.2) is 23.0 Å². The number of carbonyl (C=O) groups excluding carboxylic acids is 1. The summed E-state index contributed by atoms with van der Waals surface area (Å²) in [4.78, 5) is 16.5. The molecule has 0 bridgehead atoms. The highest BCUT2D eigenvalue weighted by molar-refractivity contribution is 5.99. The Bertz CT molecular complexity index is 753. The number of benzene rings is 1. The van der Waals surface area contributed by atoms with Gasteiger partial charge in [-0.3, -0.25) is 4.79 Å². The number of amides is 1. The van der Waals surface area contributed by atoms with Crippen LogP contribution in [0.5, 0.6) is 5.75 Å². The quantitative estimate of drug-likeness (QED) is 0.909. The normalized spacial score (nSPS) is 17.5.